The summed E-state index contributed by atoms with van der Waals surface area (Å²) in [6.07, 6.45) is 3.93. The SMILES string of the molecule is O=C(Nc1ncnc(Cl)c1Cl)c1ccnnc1. The fraction of sp³-hybridized carbons (Fsp3) is 0. The molecule has 0 aliphatic rings. The number of carbonyl (C=O) groups is 1. The Hall–Kier alpha value is -1.79. The molecule has 0 bridgehead atoms. The number of hydrogen-bond acceptors (Lipinski definition) is 5. The van der Waals surface area contributed by atoms with Crippen molar-refractivity contribution in [3.05, 3.63) is 40.5 Å². The van der Waals surface area contributed by atoms with E-state index >= 15 is 0 Å². The van der Waals surface area contributed by atoms with Crippen LogP contribution in [0.3, 0.4) is 0 Å². The van der Waals surface area contributed by atoms with Gasteiger partial charge in [0.15, 0.2) is 11.0 Å². The van der Waals surface area contributed by atoms with Crippen LogP contribution in [0.2, 0.25) is 10.2 Å². The summed E-state index contributed by atoms with van der Waals surface area (Å²) in [4.78, 5) is 19.2. The lowest BCUT2D eigenvalue weighted by atomic mass is 10.3. The van der Waals surface area contributed by atoms with Crippen molar-refractivity contribution in [3.63, 3.8) is 0 Å². The Balaban J connectivity index is 2.22. The summed E-state index contributed by atoms with van der Waals surface area (Å²) in [7, 11) is 0. The summed E-state index contributed by atoms with van der Waals surface area (Å²) < 4.78 is 0. The van der Waals surface area contributed by atoms with Crippen LogP contribution >= 0.6 is 23.2 Å². The van der Waals surface area contributed by atoms with Crippen LogP contribution in [0.25, 0.3) is 0 Å². The first kappa shape index (κ1) is 11.7. The standard InChI is InChI=1S/C9H5Cl2N5O/c10-6-7(11)12-4-13-8(6)16-9(17)5-1-2-14-15-3-5/h1-4H,(H,12,13,16,17). The highest BCUT2D eigenvalue weighted by atomic mass is 35.5. The van der Waals surface area contributed by atoms with Gasteiger partial charge in [-0.3, -0.25) is 4.79 Å². The average Bonchev–Trinajstić information content (AvgIpc) is 2.36. The van der Waals surface area contributed by atoms with Crippen LogP contribution in [0.4, 0.5) is 5.82 Å². The Morgan fingerprint density at radius 3 is 2.76 bits per heavy atom. The van der Waals surface area contributed by atoms with Crippen LogP contribution in [0.15, 0.2) is 24.8 Å². The second-order valence-electron chi connectivity index (χ2n) is 2.91. The molecule has 1 N–H and O–H groups in total. The van der Waals surface area contributed by atoms with Crippen LogP contribution in [0.1, 0.15) is 10.4 Å². The molecule has 8 heteroatoms. The van der Waals surface area contributed by atoms with Gasteiger partial charge in [0, 0.05) is 0 Å². The lowest BCUT2D eigenvalue weighted by Crippen LogP contribution is -2.14. The average molecular weight is 270 g/mol. The molecular weight excluding hydrogens is 265 g/mol. The molecular formula is C9H5Cl2N5O. The van der Waals surface area contributed by atoms with E-state index in [-0.39, 0.29) is 16.0 Å². The highest BCUT2D eigenvalue weighted by Crippen LogP contribution is 2.25. The zero-order valence-corrected chi connectivity index (χ0v) is 9.77. The second kappa shape index (κ2) is 5.03. The fourth-order valence-corrected chi connectivity index (χ4v) is 1.32. The van der Waals surface area contributed by atoms with Gasteiger partial charge in [0.2, 0.25) is 0 Å². The molecule has 0 saturated carbocycles. The first-order valence-electron chi connectivity index (χ1n) is 4.42. The predicted molar refractivity (Wildman–Crippen MR) is 62.0 cm³/mol. The molecule has 0 fully saturated rings. The van der Waals surface area contributed by atoms with Gasteiger partial charge in [0.05, 0.1) is 18.0 Å². The molecule has 2 aromatic heterocycles. The number of halogens is 2. The summed E-state index contributed by atoms with van der Waals surface area (Å²) in [5.41, 5.74) is 0.339. The minimum absolute atomic E-state index is 0.0739. The Bertz CT molecular complexity index is 548. The van der Waals surface area contributed by atoms with Crippen molar-refractivity contribution in [2.45, 2.75) is 0 Å². The van der Waals surface area contributed by atoms with Gasteiger partial charge in [0.25, 0.3) is 5.91 Å². The third-order valence-electron chi connectivity index (χ3n) is 1.83. The van der Waals surface area contributed by atoms with Crippen molar-refractivity contribution >= 4 is 34.9 Å². The van der Waals surface area contributed by atoms with Crippen molar-refractivity contribution in [1.29, 1.82) is 0 Å². The number of nitrogens with zero attached hydrogens (tertiary/aromatic N) is 4. The van der Waals surface area contributed by atoms with Crippen molar-refractivity contribution in [1.82, 2.24) is 20.2 Å². The molecule has 0 aliphatic heterocycles. The first-order chi connectivity index (χ1) is 8.18. The number of amides is 1. The summed E-state index contributed by atoms with van der Waals surface area (Å²) in [5, 5.41) is 9.80. The Kier molecular flexibility index (Phi) is 3.46. The normalized spacial score (nSPS) is 10.0. The van der Waals surface area contributed by atoms with E-state index in [9.17, 15) is 4.79 Å². The molecule has 86 valence electrons. The number of anilines is 1. The second-order valence-corrected chi connectivity index (χ2v) is 3.65. The van der Waals surface area contributed by atoms with Crippen molar-refractivity contribution in [2.75, 3.05) is 5.32 Å². The molecule has 0 saturated heterocycles. The molecule has 2 heterocycles. The monoisotopic (exact) mass is 269 g/mol. The van der Waals surface area contributed by atoms with Crippen LogP contribution in [-0.2, 0) is 0 Å². The predicted octanol–water partition coefficient (Wildman–Crippen LogP) is 1.83. The van der Waals surface area contributed by atoms with E-state index < -0.39 is 5.91 Å². The van der Waals surface area contributed by atoms with Crippen molar-refractivity contribution in [3.8, 4) is 0 Å². The van der Waals surface area contributed by atoms with Gasteiger partial charge >= 0.3 is 0 Å². The highest BCUT2D eigenvalue weighted by molar-refractivity contribution is 6.43. The molecule has 17 heavy (non-hydrogen) atoms. The van der Waals surface area contributed by atoms with Gasteiger partial charge in [-0.25, -0.2) is 9.97 Å². The number of rotatable bonds is 2. The van der Waals surface area contributed by atoms with Gasteiger partial charge in [-0.15, -0.1) is 0 Å². The number of carbonyl (C=O) groups excluding carboxylic acids is 1. The minimum atomic E-state index is -0.406. The molecule has 2 aromatic rings. The summed E-state index contributed by atoms with van der Waals surface area (Å²) in [5.74, 6) is -0.259. The van der Waals surface area contributed by atoms with Gasteiger partial charge < -0.3 is 5.32 Å². The maximum absolute atomic E-state index is 11.7. The molecule has 0 spiro atoms. The van der Waals surface area contributed by atoms with Crippen LogP contribution < -0.4 is 5.32 Å². The molecule has 0 aromatic carbocycles. The van der Waals surface area contributed by atoms with Crippen LogP contribution in [0, 0.1) is 0 Å². The van der Waals surface area contributed by atoms with E-state index in [1.54, 1.807) is 0 Å². The van der Waals surface area contributed by atoms with Crippen LogP contribution in [0.5, 0.6) is 0 Å². The Labute approximate surface area is 106 Å². The third kappa shape index (κ3) is 2.66. The summed E-state index contributed by atoms with van der Waals surface area (Å²) in [6.45, 7) is 0. The van der Waals surface area contributed by atoms with Gasteiger partial charge in [-0.1, -0.05) is 23.2 Å². The maximum atomic E-state index is 11.7. The lowest BCUT2D eigenvalue weighted by Gasteiger charge is -2.05. The van der Waals surface area contributed by atoms with E-state index in [0.717, 1.165) is 0 Å². The molecule has 0 radical (unpaired) electrons. The zero-order chi connectivity index (χ0) is 12.3. The number of aromatic nitrogens is 4. The Morgan fingerprint density at radius 1 is 1.24 bits per heavy atom. The molecule has 0 atom stereocenters. The van der Waals surface area contributed by atoms with Crippen LogP contribution in [-0.4, -0.2) is 26.1 Å². The molecule has 0 unspecified atom stereocenters. The lowest BCUT2D eigenvalue weighted by molar-refractivity contribution is 0.102. The van der Waals surface area contributed by atoms with Crippen molar-refractivity contribution < 1.29 is 4.79 Å². The fourth-order valence-electron chi connectivity index (χ4n) is 1.04. The number of nitrogens with one attached hydrogen (secondary N) is 1. The van der Waals surface area contributed by atoms with Gasteiger partial charge in [-0.2, -0.15) is 10.2 Å². The largest absolute Gasteiger partial charge is 0.305 e. The quantitative estimate of drug-likeness (QED) is 0.842. The molecule has 6 nitrogen and oxygen atoms in total. The smallest absolute Gasteiger partial charge is 0.258 e. The van der Waals surface area contributed by atoms with Crippen molar-refractivity contribution in [2.24, 2.45) is 0 Å². The third-order valence-corrected chi connectivity index (χ3v) is 2.57. The van der Waals surface area contributed by atoms with E-state index in [1.165, 1.54) is 24.8 Å². The zero-order valence-electron chi connectivity index (χ0n) is 8.26. The summed E-state index contributed by atoms with van der Waals surface area (Å²) in [6, 6.07) is 1.51. The maximum Gasteiger partial charge on any atom is 0.258 e. The highest BCUT2D eigenvalue weighted by Gasteiger charge is 2.12. The topological polar surface area (TPSA) is 80.7 Å². The minimum Gasteiger partial charge on any atom is -0.305 e. The first-order valence-corrected chi connectivity index (χ1v) is 5.18. The van der Waals surface area contributed by atoms with E-state index in [0.29, 0.717) is 5.56 Å². The van der Waals surface area contributed by atoms with E-state index in [4.69, 9.17) is 23.2 Å². The molecule has 0 aliphatic carbocycles. The summed E-state index contributed by atoms with van der Waals surface area (Å²) >= 11 is 11.5. The molecule has 2 rings (SSSR count). The van der Waals surface area contributed by atoms with E-state index in [1.807, 2.05) is 0 Å². The number of hydrogen-bond donors (Lipinski definition) is 1. The molecule has 1 amide bonds. The van der Waals surface area contributed by atoms with Gasteiger partial charge in [-0.05, 0) is 6.07 Å². The Morgan fingerprint density at radius 2 is 2.06 bits per heavy atom. The van der Waals surface area contributed by atoms with E-state index in [2.05, 4.69) is 25.5 Å². The van der Waals surface area contributed by atoms with Gasteiger partial charge in [0.1, 0.15) is 11.3 Å².